The maximum atomic E-state index is 11.9. The number of hydrogen-bond acceptors (Lipinski definition) is 3. The molecule has 4 nitrogen and oxygen atoms in total. The molecule has 90 valence electrons. The molecule has 1 aromatic carbocycles. The molecule has 2 rings (SSSR count). The molecule has 1 fully saturated rings. The maximum Gasteiger partial charge on any atom is 0.234 e. The molecule has 17 heavy (non-hydrogen) atoms. The molecule has 5 heteroatoms. The zero-order valence-electron chi connectivity index (χ0n) is 9.28. The molecule has 0 aliphatic carbocycles. The number of halogens is 1. The summed E-state index contributed by atoms with van der Waals surface area (Å²) in [6.45, 7) is 1.88. The van der Waals surface area contributed by atoms with Gasteiger partial charge in [0.1, 0.15) is 0 Å². The van der Waals surface area contributed by atoms with Gasteiger partial charge in [-0.2, -0.15) is 0 Å². The Bertz CT molecular complexity index is 431. The normalized spacial score (nSPS) is 16.6. The minimum absolute atomic E-state index is 0.0105. The van der Waals surface area contributed by atoms with Crippen molar-refractivity contribution in [2.75, 3.05) is 26.2 Å². The van der Waals surface area contributed by atoms with Gasteiger partial charge in [-0.3, -0.25) is 14.5 Å². The summed E-state index contributed by atoms with van der Waals surface area (Å²) < 4.78 is 0. The van der Waals surface area contributed by atoms with Crippen molar-refractivity contribution in [3.63, 3.8) is 0 Å². The largest absolute Gasteiger partial charge is 0.354 e. The molecule has 1 amide bonds. The van der Waals surface area contributed by atoms with Crippen LogP contribution in [-0.2, 0) is 4.79 Å². The van der Waals surface area contributed by atoms with Gasteiger partial charge in [-0.25, -0.2) is 0 Å². The fraction of sp³-hybridized carbons (Fsp3) is 0.333. The molecule has 0 radical (unpaired) electrons. The summed E-state index contributed by atoms with van der Waals surface area (Å²) in [7, 11) is 0. The van der Waals surface area contributed by atoms with Crippen LogP contribution in [0.25, 0.3) is 0 Å². The van der Waals surface area contributed by atoms with Gasteiger partial charge >= 0.3 is 0 Å². The Balaban J connectivity index is 1.96. The van der Waals surface area contributed by atoms with Crippen LogP contribution in [0.4, 0.5) is 0 Å². The lowest BCUT2D eigenvalue weighted by Crippen LogP contribution is -2.49. The van der Waals surface area contributed by atoms with Crippen LogP contribution in [0.15, 0.2) is 24.3 Å². The van der Waals surface area contributed by atoms with Gasteiger partial charge in [0.25, 0.3) is 0 Å². The number of hydrogen-bond donors (Lipinski definition) is 1. The molecule has 0 bridgehead atoms. The van der Waals surface area contributed by atoms with Crippen molar-refractivity contribution in [1.82, 2.24) is 10.2 Å². The van der Waals surface area contributed by atoms with Gasteiger partial charge in [-0.15, -0.1) is 0 Å². The minimum atomic E-state index is -0.0276. The Morgan fingerprint density at radius 1 is 1.35 bits per heavy atom. The maximum absolute atomic E-state index is 11.9. The molecular formula is C12H13ClN2O2. The number of ketones is 1. The first-order chi connectivity index (χ1) is 8.15. The van der Waals surface area contributed by atoms with Crippen LogP contribution < -0.4 is 5.32 Å². The van der Waals surface area contributed by atoms with E-state index < -0.39 is 0 Å². The smallest absolute Gasteiger partial charge is 0.234 e. The first kappa shape index (κ1) is 12.1. The van der Waals surface area contributed by atoms with Crippen LogP contribution in [0, 0.1) is 0 Å². The highest BCUT2D eigenvalue weighted by atomic mass is 35.5. The monoisotopic (exact) mass is 252 g/mol. The minimum Gasteiger partial charge on any atom is -0.354 e. The molecule has 0 saturated carbocycles. The van der Waals surface area contributed by atoms with Crippen molar-refractivity contribution in [1.29, 1.82) is 0 Å². The Hall–Kier alpha value is -1.39. The van der Waals surface area contributed by atoms with E-state index in [1.807, 2.05) is 4.90 Å². The van der Waals surface area contributed by atoms with E-state index in [-0.39, 0.29) is 18.2 Å². The lowest BCUT2D eigenvalue weighted by atomic mass is 10.1. The van der Waals surface area contributed by atoms with Gasteiger partial charge in [0.05, 0.1) is 13.1 Å². The van der Waals surface area contributed by atoms with Crippen molar-refractivity contribution in [3.05, 3.63) is 34.9 Å². The Morgan fingerprint density at radius 3 is 2.71 bits per heavy atom. The highest BCUT2D eigenvalue weighted by molar-refractivity contribution is 6.30. The lowest BCUT2D eigenvalue weighted by molar-refractivity contribution is -0.123. The van der Waals surface area contributed by atoms with Gasteiger partial charge in [0, 0.05) is 23.7 Å². The Labute approximate surface area is 105 Å². The van der Waals surface area contributed by atoms with Crippen molar-refractivity contribution in [2.45, 2.75) is 0 Å². The van der Waals surface area contributed by atoms with Gasteiger partial charge < -0.3 is 5.32 Å². The number of amides is 1. The third-order valence-electron chi connectivity index (χ3n) is 2.65. The van der Waals surface area contributed by atoms with Crippen molar-refractivity contribution in [3.8, 4) is 0 Å². The lowest BCUT2D eigenvalue weighted by Gasteiger charge is -2.25. The summed E-state index contributed by atoms with van der Waals surface area (Å²) in [6.07, 6.45) is 0. The number of rotatable bonds is 3. The average molecular weight is 253 g/mol. The average Bonchev–Trinajstić information content (AvgIpc) is 2.29. The molecule has 0 aromatic heterocycles. The second kappa shape index (κ2) is 5.29. The summed E-state index contributed by atoms with van der Waals surface area (Å²) in [5, 5.41) is 3.33. The molecule has 0 unspecified atom stereocenters. The van der Waals surface area contributed by atoms with E-state index in [0.29, 0.717) is 30.2 Å². The van der Waals surface area contributed by atoms with Gasteiger partial charge in [0.2, 0.25) is 5.91 Å². The van der Waals surface area contributed by atoms with E-state index in [1.165, 1.54) is 0 Å². The van der Waals surface area contributed by atoms with E-state index in [4.69, 9.17) is 11.6 Å². The Morgan fingerprint density at radius 2 is 2.06 bits per heavy atom. The summed E-state index contributed by atoms with van der Waals surface area (Å²) >= 11 is 5.75. The topological polar surface area (TPSA) is 49.4 Å². The predicted octanol–water partition coefficient (Wildman–Crippen LogP) is 0.954. The number of carbonyl (C=O) groups is 2. The second-order valence-corrected chi connectivity index (χ2v) is 4.43. The van der Waals surface area contributed by atoms with Crippen LogP contribution in [-0.4, -0.2) is 42.8 Å². The van der Waals surface area contributed by atoms with E-state index in [0.717, 1.165) is 0 Å². The molecular weight excluding hydrogens is 240 g/mol. The first-order valence-electron chi connectivity index (χ1n) is 5.43. The number of benzene rings is 1. The van der Waals surface area contributed by atoms with E-state index >= 15 is 0 Å². The molecule has 1 saturated heterocycles. The quantitative estimate of drug-likeness (QED) is 0.815. The van der Waals surface area contributed by atoms with E-state index in [1.54, 1.807) is 24.3 Å². The number of piperazine rings is 1. The van der Waals surface area contributed by atoms with Crippen LogP contribution >= 0.6 is 11.6 Å². The number of nitrogens with one attached hydrogen (secondary N) is 1. The standard InChI is InChI=1S/C12H13ClN2O2/c13-10-3-1-9(2-4-10)11(16)7-15-6-5-14-12(17)8-15/h1-4H,5-8H2,(H,14,17). The number of carbonyl (C=O) groups excluding carboxylic acids is 2. The molecule has 1 N–H and O–H groups in total. The van der Waals surface area contributed by atoms with Gasteiger partial charge in [0.15, 0.2) is 5.78 Å². The van der Waals surface area contributed by atoms with E-state index in [9.17, 15) is 9.59 Å². The molecule has 0 spiro atoms. The van der Waals surface area contributed by atoms with Crippen LogP contribution in [0.5, 0.6) is 0 Å². The fourth-order valence-electron chi connectivity index (χ4n) is 1.76. The van der Waals surface area contributed by atoms with Crippen molar-refractivity contribution < 1.29 is 9.59 Å². The fourth-order valence-corrected chi connectivity index (χ4v) is 1.88. The molecule has 1 aromatic rings. The summed E-state index contributed by atoms with van der Waals surface area (Å²) in [4.78, 5) is 24.9. The van der Waals surface area contributed by atoms with Crippen molar-refractivity contribution in [2.24, 2.45) is 0 Å². The van der Waals surface area contributed by atoms with E-state index in [2.05, 4.69) is 5.32 Å². The summed E-state index contributed by atoms with van der Waals surface area (Å²) in [5.74, 6) is -0.0171. The predicted molar refractivity (Wildman–Crippen MR) is 65.2 cm³/mol. The van der Waals surface area contributed by atoms with Crippen LogP contribution in [0.3, 0.4) is 0 Å². The van der Waals surface area contributed by atoms with Crippen molar-refractivity contribution >= 4 is 23.3 Å². The highest BCUT2D eigenvalue weighted by Gasteiger charge is 2.19. The van der Waals surface area contributed by atoms with Crippen LogP contribution in [0.2, 0.25) is 5.02 Å². The van der Waals surface area contributed by atoms with Crippen LogP contribution in [0.1, 0.15) is 10.4 Å². The highest BCUT2D eigenvalue weighted by Crippen LogP contribution is 2.10. The number of nitrogens with zero attached hydrogens (tertiary/aromatic N) is 1. The second-order valence-electron chi connectivity index (χ2n) is 3.99. The molecule has 1 aliphatic rings. The summed E-state index contributed by atoms with van der Waals surface area (Å²) in [6, 6.07) is 6.79. The summed E-state index contributed by atoms with van der Waals surface area (Å²) in [5.41, 5.74) is 0.625. The molecule has 1 aliphatic heterocycles. The molecule has 1 heterocycles. The third kappa shape index (κ3) is 3.28. The zero-order valence-corrected chi connectivity index (χ0v) is 10.0. The van der Waals surface area contributed by atoms with Gasteiger partial charge in [-0.1, -0.05) is 11.6 Å². The Kier molecular flexibility index (Phi) is 3.76. The first-order valence-corrected chi connectivity index (χ1v) is 5.81. The number of Topliss-reactive ketones (excluding diaryl/α,β-unsaturated/α-hetero) is 1. The molecule has 0 atom stereocenters. The zero-order chi connectivity index (χ0) is 12.3. The van der Waals surface area contributed by atoms with Gasteiger partial charge in [-0.05, 0) is 24.3 Å². The SMILES string of the molecule is O=C1CN(CC(=O)c2ccc(Cl)cc2)CCN1. The third-order valence-corrected chi connectivity index (χ3v) is 2.90.